The number of carbonyl (C=O) groups excluding carboxylic acids is 1. The van der Waals surface area contributed by atoms with E-state index in [-0.39, 0.29) is 0 Å². The van der Waals surface area contributed by atoms with Crippen molar-refractivity contribution in [3.8, 4) is 0 Å². The minimum absolute atomic E-state index is 0.323. The number of likely N-dealkylation sites (tertiary alicyclic amines) is 1. The highest BCUT2D eigenvalue weighted by Gasteiger charge is 2.27. The SMILES string of the molecule is NCCCCC(=O)N1CCC2CCCC=C2C1. The molecular formula is C14H24N2O. The Labute approximate surface area is 104 Å². The smallest absolute Gasteiger partial charge is 0.222 e. The quantitative estimate of drug-likeness (QED) is 0.600. The Morgan fingerprint density at radius 3 is 3.12 bits per heavy atom. The van der Waals surface area contributed by atoms with Gasteiger partial charge in [0.1, 0.15) is 0 Å². The Bertz CT molecular complexity index is 299. The highest BCUT2D eigenvalue weighted by molar-refractivity contribution is 5.76. The number of hydrogen-bond donors (Lipinski definition) is 1. The second kappa shape index (κ2) is 6.20. The molecular weight excluding hydrogens is 212 g/mol. The third-order valence-corrected chi connectivity index (χ3v) is 4.01. The van der Waals surface area contributed by atoms with Crippen LogP contribution in [0.5, 0.6) is 0 Å². The van der Waals surface area contributed by atoms with Gasteiger partial charge in [0.05, 0.1) is 0 Å². The van der Waals surface area contributed by atoms with Gasteiger partial charge in [0.15, 0.2) is 0 Å². The normalized spacial score (nSPS) is 24.2. The van der Waals surface area contributed by atoms with Gasteiger partial charge in [-0.25, -0.2) is 0 Å². The van der Waals surface area contributed by atoms with Crippen LogP contribution >= 0.6 is 0 Å². The van der Waals surface area contributed by atoms with E-state index in [0.717, 1.165) is 31.8 Å². The fraction of sp³-hybridized carbons (Fsp3) is 0.786. The van der Waals surface area contributed by atoms with Crippen LogP contribution in [0.4, 0.5) is 0 Å². The first-order valence-corrected chi connectivity index (χ1v) is 6.98. The lowest BCUT2D eigenvalue weighted by molar-refractivity contribution is -0.131. The molecule has 1 heterocycles. The molecule has 1 atom stereocenters. The second-order valence-corrected chi connectivity index (χ2v) is 5.26. The van der Waals surface area contributed by atoms with Crippen molar-refractivity contribution in [3.05, 3.63) is 11.6 Å². The van der Waals surface area contributed by atoms with Gasteiger partial charge >= 0.3 is 0 Å². The maximum Gasteiger partial charge on any atom is 0.222 e. The number of unbranched alkanes of at least 4 members (excludes halogenated alkanes) is 1. The summed E-state index contributed by atoms with van der Waals surface area (Å²) in [5.74, 6) is 1.10. The van der Waals surface area contributed by atoms with Crippen LogP contribution in [0.3, 0.4) is 0 Å². The molecule has 2 aliphatic rings. The van der Waals surface area contributed by atoms with E-state index < -0.39 is 0 Å². The van der Waals surface area contributed by atoms with Crippen LogP contribution in [0.25, 0.3) is 0 Å². The van der Waals surface area contributed by atoms with Crippen LogP contribution in [0.2, 0.25) is 0 Å². The third-order valence-electron chi connectivity index (χ3n) is 4.01. The van der Waals surface area contributed by atoms with Gasteiger partial charge in [-0.15, -0.1) is 0 Å². The molecule has 2 N–H and O–H groups in total. The molecule has 1 amide bonds. The van der Waals surface area contributed by atoms with E-state index in [1.165, 1.54) is 31.3 Å². The molecule has 1 aliphatic heterocycles. The fourth-order valence-electron chi connectivity index (χ4n) is 2.93. The third kappa shape index (κ3) is 3.32. The van der Waals surface area contributed by atoms with E-state index in [0.29, 0.717) is 18.9 Å². The number of hydrogen-bond acceptors (Lipinski definition) is 2. The molecule has 0 saturated carbocycles. The predicted octanol–water partition coefficient (Wildman–Crippen LogP) is 2.07. The van der Waals surface area contributed by atoms with Crippen molar-refractivity contribution in [2.45, 2.75) is 44.9 Å². The highest BCUT2D eigenvalue weighted by Crippen LogP contribution is 2.32. The molecule has 3 nitrogen and oxygen atoms in total. The van der Waals surface area contributed by atoms with Crippen molar-refractivity contribution < 1.29 is 4.79 Å². The summed E-state index contributed by atoms with van der Waals surface area (Å²) in [5.41, 5.74) is 6.97. The number of amides is 1. The lowest BCUT2D eigenvalue weighted by Crippen LogP contribution is -2.40. The first-order chi connectivity index (χ1) is 8.31. The Hall–Kier alpha value is -0.830. The summed E-state index contributed by atoms with van der Waals surface area (Å²) in [6, 6.07) is 0. The average Bonchev–Trinajstić information content (AvgIpc) is 2.38. The summed E-state index contributed by atoms with van der Waals surface area (Å²) < 4.78 is 0. The molecule has 2 rings (SSSR count). The summed E-state index contributed by atoms with van der Waals surface area (Å²) in [5, 5.41) is 0. The van der Waals surface area contributed by atoms with E-state index in [2.05, 4.69) is 6.08 Å². The molecule has 0 bridgehead atoms. The van der Waals surface area contributed by atoms with Crippen molar-refractivity contribution in [1.29, 1.82) is 0 Å². The maximum atomic E-state index is 12.0. The van der Waals surface area contributed by atoms with Crippen molar-refractivity contribution in [3.63, 3.8) is 0 Å². The van der Waals surface area contributed by atoms with Gasteiger partial charge in [-0.05, 0) is 51.0 Å². The Balaban J connectivity index is 1.82. The number of nitrogens with zero attached hydrogens (tertiary/aromatic N) is 1. The monoisotopic (exact) mass is 236 g/mol. The lowest BCUT2D eigenvalue weighted by atomic mass is 9.82. The Kier molecular flexibility index (Phi) is 4.60. The second-order valence-electron chi connectivity index (χ2n) is 5.26. The van der Waals surface area contributed by atoms with E-state index in [4.69, 9.17) is 5.73 Å². The van der Waals surface area contributed by atoms with Crippen molar-refractivity contribution in [2.24, 2.45) is 11.7 Å². The number of allylic oxidation sites excluding steroid dienone is 1. The molecule has 0 aromatic rings. The van der Waals surface area contributed by atoms with Crippen LogP contribution in [0.15, 0.2) is 11.6 Å². The zero-order valence-corrected chi connectivity index (χ0v) is 10.7. The van der Waals surface area contributed by atoms with Crippen LogP contribution in [-0.4, -0.2) is 30.4 Å². The topological polar surface area (TPSA) is 46.3 Å². The molecule has 96 valence electrons. The summed E-state index contributed by atoms with van der Waals surface area (Å²) in [7, 11) is 0. The minimum atomic E-state index is 0.323. The van der Waals surface area contributed by atoms with Gasteiger partial charge in [-0.3, -0.25) is 4.79 Å². The van der Waals surface area contributed by atoms with Crippen LogP contribution < -0.4 is 5.73 Å². The van der Waals surface area contributed by atoms with Crippen LogP contribution in [-0.2, 0) is 4.79 Å². The van der Waals surface area contributed by atoms with E-state index >= 15 is 0 Å². The van der Waals surface area contributed by atoms with Crippen molar-refractivity contribution in [1.82, 2.24) is 4.90 Å². The first kappa shape index (κ1) is 12.6. The zero-order chi connectivity index (χ0) is 12.1. The predicted molar refractivity (Wildman–Crippen MR) is 69.5 cm³/mol. The van der Waals surface area contributed by atoms with E-state index in [1.807, 2.05) is 4.90 Å². The number of piperidine rings is 1. The average molecular weight is 236 g/mol. The molecule has 0 aromatic heterocycles. The minimum Gasteiger partial charge on any atom is -0.339 e. The van der Waals surface area contributed by atoms with Gasteiger partial charge in [0.2, 0.25) is 5.91 Å². The molecule has 0 radical (unpaired) electrons. The van der Waals surface area contributed by atoms with Crippen LogP contribution in [0, 0.1) is 5.92 Å². The lowest BCUT2D eigenvalue weighted by Gasteiger charge is -2.36. The van der Waals surface area contributed by atoms with Crippen molar-refractivity contribution >= 4 is 5.91 Å². The van der Waals surface area contributed by atoms with Crippen molar-refractivity contribution in [2.75, 3.05) is 19.6 Å². The Morgan fingerprint density at radius 1 is 1.41 bits per heavy atom. The molecule has 1 fully saturated rings. The van der Waals surface area contributed by atoms with Gasteiger partial charge in [-0.2, -0.15) is 0 Å². The molecule has 1 unspecified atom stereocenters. The number of fused-ring (bicyclic) bond motifs is 1. The zero-order valence-electron chi connectivity index (χ0n) is 10.7. The molecule has 0 aromatic carbocycles. The first-order valence-electron chi connectivity index (χ1n) is 6.98. The summed E-state index contributed by atoms with van der Waals surface area (Å²) >= 11 is 0. The molecule has 1 saturated heterocycles. The fourth-order valence-corrected chi connectivity index (χ4v) is 2.93. The van der Waals surface area contributed by atoms with Gasteiger partial charge in [0, 0.05) is 19.5 Å². The van der Waals surface area contributed by atoms with E-state index in [9.17, 15) is 4.79 Å². The highest BCUT2D eigenvalue weighted by atomic mass is 16.2. The summed E-state index contributed by atoms with van der Waals surface area (Å²) in [6.07, 6.45) is 10.00. The Morgan fingerprint density at radius 2 is 2.29 bits per heavy atom. The number of nitrogens with two attached hydrogens (primary N) is 1. The van der Waals surface area contributed by atoms with Gasteiger partial charge in [-0.1, -0.05) is 11.6 Å². The molecule has 17 heavy (non-hydrogen) atoms. The number of rotatable bonds is 4. The van der Waals surface area contributed by atoms with E-state index in [1.54, 1.807) is 0 Å². The maximum absolute atomic E-state index is 12.0. The molecule has 1 aliphatic carbocycles. The van der Waals surface area contributed by atoms with Crippen LogP contribution in [0.1, 0.15) is 44.9 Å². The summed E-state index contributed by atoms with van der Waals surface area (Å²) in [4.78, 5) is 14.1. The number of carbonyl (C=O) groups is 1. The molecule has 0 spiro atoms. The standard InChI is InChI=1S/C14H24N2O/c15-9-4-3-7-14(17)16-10-8-12-5-1-2-6-13(12)11-16/h6,12H,1-5,7-11,15H2. The largest absolute Gasteiger partial charge is 0.339 e. The summed E-state index contributed by atoms with van der Waals surface area (Å²) in [6.45, 7) is 2.55. The van der Waals surface area contributed by atoms with Gasteiger partial charge < -0.3 is 10.6 Å². The molecule has 3 heteroatoms. The van der Waals surface area contributed by atoms with Gasteiger partial charge in [0.25, 0.3) is 0 Å².